The number of hydrogen-bond donors (Lipinski definition) is 2. The van der Waals surface area contributed by atoms with Crippen LogP contribution in [0.25, 0.3) is 0 Å². The minimum absolute atomic E-state index is 0.443. The Bertz CT molecular complexity index is 757. The third-order valence-corrected chi connectivity index (χ3v) is 4.21. The second-order valence-corrected chi connectivity index (χ2v) is 6.21. The van der Waals surface area contributed by atoms with Gasteiger partial charge in [0, 0.05) is 12.2 Å². The van der Waals surface area contributed by atoms with Crippen LogP contribution in [-0.4, -0.2) is 26.2 Å². The molecule has 2 aromatic rings. The Morgan fingerprint density at radius 1 is 1.08 bits per heavy atom. The fourth-order valence-corrected chi connectivity index (χ4v) is 2.63. The largest absolute Gasteiger partial charge is 0.493 e. The summed E-state index contributed by atoms with van der Waals surface area (Å²) in [5.74, 6) is 1.99. The molecule has 0 saturated heterocycles. The summed E-state index contributed by atoms with van der Waals surface area (Å²) in [6.45, 7) is 7.42. The lowest BCUT2D eigenvalue weighted by Crippen LogP contribution is -2.23. The predicted octanol–water partition coefficient (Wildman–Crippen LogP) is 4.07. The first kappa shape index (κ1) is 19.6. The van der Waals surface area contributed by atoms with Crippen molar-refractivity contribution in [3.8, 4) is 11.5 Å². The molecule has 2 rings (SSSR count). The minimum atomic E-state index is 0.443. The summed E-state index contributed by atoms with van der Waals surface area (Å²) >= 11 is 0. The number of benzene rings is 2. The molecule has 0 amide bonds. The van der Waals surface area contributed by atoms with Crippen molar-refractivity contribution < 1.29 is 9.47 Å². The Labute approximate surface area is 156 Å². The van der Waals surface area contributed by atoms with Gasteiger partial charge in [-0.15, -0.1) is 0 Å². The van der Waals surface area contributed by atoms with Gasteiger partial charge >= 0.3 is 0 Å². The molecule has 0 aromatic heterocycles. The molecule has 26 heavy (non-hydrogen) atoms. The van der Waals surface area contributed by atoms with Gasteiger partial charge in [-0.1, -0.05) is 12.1 Å². The smallest absolute Gasteiger partial charge is 0.193 e. The van der Waals surface area contributed by atoms with E-state index < -0.39 is 0 Å². The lowest BCUT2D eigenvalue weighted by atomic mass is 10.1. The molecule has 0 bridgehead atoms. The van der Waals surface area contributed by atoms with Crippen LogP contribution < -0.4 is 20.5 Å². The molecule has 0 aliphatic carbocycles. The molecular formula is C21H29N3O2. The van der Waals surface area contributed by atoms with E-state index in [0.717, 1.165) is 30.0 Å². The van der Waals surface area contributed by atoms with Crippen molar-refractivity contribution in [2.75, 3.05) is 25.6 Å². The molecule has 0 fully saturated rings. The number of hydrogen-bond acceptors (Lipinski definition) is 3. The molecule has 0 atom stereocenters. The van der Waals surface area contributed by atoms with E-state index in [9.17, 15) is 0 Å². The Morgan fingerprint density at radius 2 is 1.88 bits per heavy atom. The molecule has 3 N–H and O–H groups in total. The van der Waals surface area contributed by atoms with Crippen molar-refractivity contribution in [1.82, 2.24) is 0 Å². The number of nitrogens with one attached hydrogen (secondary N) is 1. The van der Waals surface area contributed by atoms with Gasteiger partial charge in [0.2, 0.25) is 0 Å². The van der Waals surface area contributed by atoms with Crippen LogP contribution in [0.5, 0.6) is 11.5 Å². The van der Waals surface area contributed by atoms with Crippen LogP contribution >= 0.6 is 0 Å². The maximum Gasteiger partial charge on any atom is 0.193 e. The fourth-order valence-electron chi connectivity index (χ4n) is 2.63. The van der Waals surface area contributed by atoms with E-state index in [1.807, 2.05) is 25.1 Å². The van der Waals surface area contributed by atoms with E-state index in [2.05, 4.69) is 42.4 Å². The van der Waals surface area contributed by atoms with Gasteiger partial charge < -0.3 is 20.5 Å². The topological polar surface area (TPSA) is 68.9 Å². The van der Waals surface area contributed by atoms with Crippen LogP contribution in [0.15, 0.2) is 41.4 Å². The van der Waals surface area contributed by atoms with Gasteiger partial charge in [-0.25, -0.2) is 0 Å². The zero-order chi connectivity index (χ0) is 18.9. The molecule has 0 unspecified atom stereocenters. The van der Waals surface area contributed by atoms with Crippen LogP contribution in [0.3, 0.4) is 0 Å². The maximum absolute atomic E-state index is 5.98. The first-order chi connectivity index (χ1) is 12.5. The zero-order valence-electron chi connectivity index (χ0n) is 16.1. The Morgan fingerprint density at radius 3 is 2.58 bits per heavy atom. The number of anilines is 1. The Balaban J connectivity index is 1.86. The molecule has 2 aromatic carbocycles. The summed E-state index contributed by atoms with van der Waals surface area (Å²) in [6, 6.07) is 12.2. The van der Waals surface area contributed by atoms with E-state index in [1.54, 1.807) is 7.11 Å². The van der Waals surface area contributed by atoms with E-state index in [-0.39, 0.29) is 0 Å². The standard InChI is InChI=1S/C21H29N3O2/c1-5-26-20-14-17(9-11-19(20)25-4)7-6-12-23-21(22)24-18-10-8-15(2)16(3)13-18/h8-11,13-14H,5-7,12H2,1-4H3,(H3,22,23,24). The lowest BCUT2D eigenvalue weighted by Gasteiger charge is -2.11. The molecule has 0 aliphatic rings. The number of ether oxygens (including phenoxy) is 2. The second kappa shape index (κ2) is 9.70. The SMILES string of the molecule is CCOc1cc(CCCN=C(N)Nc2ccc(C)c(C)c2)ccc1OC. The Hall–Kier alpha value is -2.69. The number of nitrogens with two attached hydrogens (primary N) is 1. The van der Waals surface area contributed by atoms with Gasteiger partial charge in [-0.3, -0.25) is 4.99 Å². The van der Waals surface area contributed by atoms with Crippen molar-refractivity contribution >= 4 is 11.6 Å². The average Bonchev–Trinajstić information content (AvgIpc) is 2.62. The van der Waals surface area contributed by atoms with Gasteiger partial charge in [0.25, 0.3) is 0 Å². The third-order valence-electron chi connectivity index (χ3n) is 4.21. The summed E-state index contributed by atoms with van der Waals surface area (Å²) in [7, 11) is 1.65. The molecular weight excluding hydrogens is 326 g/mol. The number of nitrogens with zero attached hydrogens (tertiary/aromatic N) is 1. The highest BCUT2D eigenvalue weighted by Gasteiger charge is 2.05. The highest BCUT2D eigenvalue weighted by Crippen LogP contribution is 2.28. The second-order valence-electron chi connectivity index (χ2n) is 6.21. The summed E-state index contributed by atoms with van der Waals surface area (Å²) < 4.78 is 10.9. The van der Waals surface area contributed by atoms with Crippen LogP contribution in [0.1, 0.15) is 30.0 Å². The van der Waals surface area contributed by atoms with Crippen molar-refractivity contribution in [3.63, 3.8) is 0 Å². The molecule has 0 spiro atoms. The quantitative estimate of drug-likeness (QED) is 0.425. The molecule has 0 radical (unpaired) electrons. The molecule has 0 heterocycles. The zero-order valence-corrected chi connectivity index (χ0v) is 16.1. The molecule has 5 nitrogen and oxygen atoms in total. The third kappa shape index (κ3) is 5.69. The lowest BCUT2D eigenvalue weighted by molar-refractivity contribution is 0.310. The van der Waals surface area contributed by atoms with E-state index in [1.165, 1.54) is 16.7 Å². The Kier molecular flexibility index (Phi) is 7.33. The summed E-state index contributed by atoms with van der Waals surface area (Å²) in [5, 5.41) is 3.14. The average molecular weight is 355 g/mol. The molecule has 0 aliphatic heterocycles. The van der Waals surface area contributed by atoms with Gasteiger partial charge in [-0.05, 0) is 74.6 Å². The van der Waals surface area contributed by atoms with Gasteiger partial charge in [0.1, 0.15) is 0 Å². The first-order valence-corrected chi connectivity index (χ1v) is 8.97. The van der Waals surface area contributed by atoms with E-state index >= 15 is 0 Å². The van der Waals surface area contributed by atoms with Gasteiger partial charge in [0.15, 0.2) is 17.5 Å². The maximum atomic E-state index is 5.98. The van der Waals surface area contributed by atoms with E-state index in [4.69, 9.17) is 15.2 Å². The monoisotopic (exact) mass is 355 g/mol. The van der Waals surface area contributed by atoms with Gasteiger partial charge in [0.05, 0.1) is 13.7 Å². The van der Waals surface area contributed by atoms with Gasteiger partial charge in [-0.2, -0.15) is 0 Å². The molecule has 0 saturated carbocycles. The van der Waals surface area contributed by atoms with Crippen LogP contribution in [0, 0.1) is 13.8 Å². The fraction of sp³-hybridized carbons (Fsp3) is 0.381. The number of rotatable bonds is 8. The summed E-state index contributed by atoms with van der Waals surface area (Å²) in [6.07, 6.45) is 1.82. The minimum Gasteiger partial charge on any atom is -0.493 e. The van der Waals surface area contributed by atoms with Crippen LogP contribution in [-0.2, 0) is 6.42 Å². The molecule has 5 heteroatoms. The number of aliphatic imine (C=N–C) groups is 1. The van der Waals surface area contributed by atoms with Crippen molar-refractivity contribution in [1.29, 1.82) is 0 Å². The van der Waals surface area contributed by atoms with Crippen molar-refractivity contribution in [2.45, 2.75) is 33.6 Å². The summed E-state index contributed by atoms with van der Waals surface area (Å²) in [5.41, 5.74) is 10.6. The highest BCUT2D eigenvalue weighted by molar-refractivity contribution is 5.92. The number of aryl methyl sites for hydroxylation is 3. The first-order valence-electron chi connectivity index (χ1n) is 8.97. The van der Waals surface area contributed by atoms with Crippen LogP contribution in [0.4, 0.5) is 5.69 Å². The highest BCUT2D eigenvalue weighted by atomic mass is 16.5. The number of methoxy groups -OCH3 is 1. The van der Waals surface area contributed by atoms with Crippen molar-refractivity contribution in [2.24, 2.45) is 10.7 Å². The molecule has 140 valence electrons. The normalized spacial score (nSPS) is 11.3. The van der Waals surface area contributed by atoms with E-state index in [0.29, 0.717) is 19.1 Å². The predicted molar refractivity (Wildman–Crippen MR) is 109 cm³/mol. The van der Waals surface area contributed by atoms with Crippen LogP contribution in [0.2, 0.25) is 0 Å². The number of guanidine groups is 1. The summed E-state index contributed by atoms with van der Waals surface area (Å²) in [4.78, 5) is 4.41. The van der Waals surface area contributed by atoms with Crippen molar-refractivity contribution in [3.05, 3.63) is 53.1 Å².